The number of nitrogens with one attached hydrogen (secondary N) is 1. The number of benzene rings is 2. The second kappa shape index (κ2) is 7.84. The van der Waals surface area contributed by atoms with Crippen LogP contribution in [0, 0.1) is 6.92 Å². The number of para-hydroxylation sites is 1. The van der Waals surface area contributed by atoms with Crippen LogP contribution >= 0.6 is 11.6 Å². The van der Waals surface area contributed by atoms with Crippen LogP contribution in [0.4, 0.5) is 5.69 Å². The van der Waals surface area contributed by atoms with Crippen molar-refractivity contribution in [3.8, 4) is 5.75 Å². The summed E-state index contributed by atoms with van der Waals surface area (Å²) < 4.78 is 7.00. The van der Waals surface area contributed by atoms with Crippen LogP contribution in [-0.2, 0) is 4.79 Å². The van der Waals surface area contributed by atoms with Gasteiger partial charge in [-0.15, -0.1) is 0 Å². The van der Waals surface area contributed by atoms with E-state index in [9.17, 15) is 9.59 Å². The second-order valence-electron chi connectivity index (χ2n) is 6.31. The Kier molecular flexibility index (Phi) is 5.51. The molecule has 3 rings (SSSR count). The maximum absolute atomic E-state index is 13.0. The fraction of sp³-hybridized carbons (Fsp3) is 0.238. The number of pyridine rings is 1. The zero-order valence-corrected chi connectivity index (χ0v) is 16.2. The molecule has 0 aliphatic carbocycles. The van der Waals surface area contributed by atoms with Gasteiger partial charge >= 0.3 is 0 Å². The molecular weight excluding hydrogens is 364 g/mol. The largest absolute Gasteiger partial charge is 0.495 e. The molecule has 2 aromatic carbocycles. The van der Waals surface area contributed by atoms with Gasteiger partial charge < -0.3 is 10.1 Å². The molecule has 6 heteroatoms. The van der Waals surface area contributed by atoms with Crippen molar-refractivity contribution in [3.63, 3.8) is 0 Å². The minimum absolute atomic E-state index is 0.234. The van der Waals surface area contributed by atoms with Gasteiger partial charge in [0.25, 0.3) is 5.56 Å². The fourth-order valence-corrected chi connectivity index (χ4v) is 3.38. The zero-order valence-electron chi connectivity index (χ0n) is 15.5. The maximum atomic E-state index is 13.0. The highest BCUT2D eigenvalue weighted by Gasteiger charge is 2.24. The summed E-state index contributed by atoms with van der Waals surface area (Å²) in [6.45, 7) is 3.75. The molecule has 140 valence electrons. The lowest BCUT2D eigenvalue weighted by molar-refractivity contribution is -0.119. The molecule has 1 heterocycles. The predicted molar refractivity (Wildman–Crippen MR) is 109 cm³/mol. The van der Waals surface area contributed by atoms with E-state index in [0.717, 1.165) is 10.9 Å². The van der Waals surface area contributed by atoms with E-state index in [4.69, 9.17) is 16.3 Å². The van der Waals surface area contributed by atoms with Crippen molar-refractivity contribution in [2.24, 2.45) is 0 Å². The molecule has 0 bridgehead atoms. The van der Waals surface area contributed by atoms with Gasteiger partial charge in [-0.2, -0.15) is 0 Å². The number of aromatic nitrogens is 1. The lowest BCUT2D eigenvalue weighted by Crippen LogP contribution is -2.33. The Labute approximate surface area is 162 Å². The lowest BCUT2D eigenvalue weighted by Gasteiger charge is -2.22. The van der Waals surface area contributed by atoms with Crippen LogP contribution in [0.2, 0.25) is 5.02 Å². The molecule has 1 unspecified atom stereocenters. The van der Waals surface area contributed by atoms with Gasteiger partial charge in [0.1, 0.15) is 11.8 Å². The third-order valence-corrected chi connectivity index (χ3v) is 4.83. The number of methoxy groups -OCH3 is 1. The Bertz CT molecular complexity index is 1040. The zero-order chi connectivity index (χ0) is 19.6. The number of ether oxygens (including phenoxy) is 1. The SMILES string of the molecule is CCC(C(=O)Nc1ccc(Cl)cc1)n1c(=O)cc(C)c2cccc(OC)c21. The van der Waals surface area contributed by atoms with Crippen LogP contribution in [0.15, 0.2) is 53.3 Å². The van der Waals surface area contributed by atoms with E-state index in [1.165, 1.54) is 4.57 Å². The number of carbonyl (C=O) groups excluding carboxylic acids is 1. The first-order valence-corrected chi connectivity index (χ1v) is 9.09. The Hall–Kier alpha value is -2.79. The van der Waals surface area contributed by atoms with Crippen molar-refractivity contribution in [2.75, 3.05) is 12.4 Å². The Morgan fingerprint density at radius 3 is 2.56 bits per heavy atom. The number of fused-ring (bicyclic) bond motifs is 1. The van der Waals surface area contributed by atoms with Crippen molar-refractivity contribution < 1.29 is 9.53 Å². The van der Waals surface area contributed by atoms with Gasteiger partial charge in [-0.3, -0.25) is 14.2 Å². The summed E-state index contributed by atoms with van der Waals surface area (Å²) in [6.07, 6.45) is 0.454. The fourth-order valence-electron chi connectivity index (χ4n) is 3.25. The topological polar surface area (TPSA) is 60.3 Å². The molecule has 0 fully saturated rings. The normalized spacial score (nSPS) is 12.0. The van der Waals surface area contributed by atoms with Gasteiger partial charge in [0.05, 0.1) is 12.6 Å². The third kappa shape index (κ3) is 3.69. The summed E-state index contributed by atoms with van der Waals surface area (Å²) >= 11 is 5.90. The summed E-state index contributed by atoms with van der Waals surface area (Å²) in [5.74, 6) is 0.295. The van der Waals surface area contributed by atoms with E-state index in [0.29, 0.717) is 28.4 Å². The summed E-state index contributed by atoms with van der Waals surface area (Å²) in [6, 6.07) is 13.3. The van der Waals surface area contributed by atoms with Gasteiger partial charge in [-0.1, -0.05) is 30.7 Å². The molecule has 0 spiro atoms. The molecule has 1 N–H and O–H groups in total. The summed E-state index contributed by atoms with van der Waals surface area (Å²) in [7, 11) is 1.56. The van der Waals surface area contributed by atoms with Crippen molar-refractivity contribution in [3.05, 3.63) is 69.5 Å². The minimum atomic E-state index is -0.674. The Balaban J connectivity index is 2.12. The summed E-state index contributed by atoms with van der Waals surface area (Å²) in [5, 5.41) is 4.33. The molecule has 1 atom stereocenters. The van der Waals surface area contributed by atoms with Crippen LogP contribution in [0.25, 0.3) is 10.9 Å². The Morgan fingerprint density at radius 1 is 1.22 bits per heavy atom. The van der Waals surface area contributed by atoms with Gasteiger partial charge in [0.15, 0.2) is 0 Å². The Morgan fingerprint density at radius 2 is 1.93 bits per heavy atom. The standard InChI is InChI=1S/C21H21ClN2O3/c1-4-17(21(26)23-15-10-8-14(22)9-11-15)24-19(25)12-13(2)16-6-5-7-18(27-3)20(16)24/h5-12,17H,4H2,1-3H3,(H,23,26). The van der Waals surface area contributed by atoms with E-state index in [1.54, 1.807) is 43.5 Å². The molecule has 0 saturated carbocycles. The highest BCUT2D eigenvalue weighted by Crippen LogP contribution is 2.29. The molecule has 3 aromatic rings. The molecular formula is C21H21ClN2O3. The first-order valence-electron chi connectivity index (χ1n) is 8.71. The number of hydrogen-bond donors (Lipinski definition) is 1. The van der Waals surface area contributed by atoms with Crippen LogP contribution in [0.1, 0.15) is 24.9 Å². The molecule has 0 saturated heterocycles. The lowest BCUT2D eigenvalue weighted by atomic mass is 10.1. The van der Waals surface area contributed by atoms with Crippen molar-refractivity contribution in [1.82, 2.24) is 4.57 Å². The molecule has 0 radical (unpaired) electrons. The van der Waals surface area contributed by atoms with E-state index in [2.05, 4.69) is 5.32 Å². The number of nitrogens with zero attached hydrogens (tertiary/aromatic N) is 1. The third-order valence-electron chi connectivity index (χ3n) is 4.57. The van der Waals surface area contributed by atoms with Crippen molar-refractivity contribution >= 4 is 34.1 Å². The number of amides is 1. The first-order chi connectivity index (χ1) is 13.0. The molecule has 0 aliphatic rings. The molecule has 27 heavy (non-hydrogen) atoms. The maximum Gasteiger partial charge on any atom is 0.252 e. The number of carbonyl (C=O) groups is 1. The van der Waals surface area contributed by atoms with E-state index in [1.807, 2.05) is 26.0 Å². The van der Waals surface area contributed by atoms with E-state index < -0.39 is 6.04 Å². The number of anilines is 1. The monoisotopic (exact) mass is 384 g/mol. The quantitative estimate of drug-likeness (QED) is 0.701. The molecule has 0 aliphatic heterocycles. The minimum Gasteiger partial charge on any atom is -0.495 e. The summed E-state index contributed by atoms with van der Waals surface area (Å²) in [5.41, 5.74) is 1.86. The average Bonchev–Trinajstić information content (AvgIpc) is 2.66. The predicted octanol–water partition coefficient (Wildman–Crippen LogP) is 4.56. The molecule has 1 aromatic heterocycles. The number of halogens is 1. The van der Waals surface area contributed by atoms with Gasteiger partial charge in [-0.05, 0) is 49.2 Å². The van der Waals surface area contributed by atoms with E-state index in [-0.39, 0.29) is 11.5 Å². The number of hydrogen-bond acceptors (Lipinski definition) is 3. The van der Waals surface area contributed by atoms with Gasteiger partial charge in [-0.25, -0.2) is 0 Å². The van der Waals surface area contributed by atoms with E-state index >= 15 is 0 Å². The van der Waals surface area contributed by atoms with Gasteiger partial charge in [0, 0.05) is 22.2 Å². The first kappa shape index (κ1) is 19.0. The van der Waals surface area contributed by atoms with Crippen LogP contribution in [0.3, 0.4) is 0 Å². The van der Waals surface area contributed by atoms with Crippen molar-refractivity contribution in [2.45, 2.75) is 26.3 Å². The molecule has 1 amide bonds. The van der Waals surface area contributed by atoms with Crippen LogP contribution < -0.4 is 15.6 Å². The number of aryl methyl sites for hydroxylation is 1. The highest BCUT2D eigenvalue weighted by atomic mass is 35.5. The van der Waals surface area contributed by atoms with Crippen LogP contribution in [0.5, 0.6) is 5.75 Å². The smallest absolute Gasteiger partial charge is 0.252 e. The van der Waals surface area contributed by atoms with Crippen molar-refractivity contribution in [1.29, 1.82) is 0 Å². The second-order valence-corrected chi connectivity index (χ2v) is 6.75. The highest BCUT2D eigenvalue weighted by molar-refractivity contribution is 6.30. The van der Waals surface area contributed by atoms with Crippen LogP contribution in [-0.4, -0.2) is 17.6 Å². The number of rotatable bonds is 5. The van der Waals surface area contributed by atoms with Gasteiger partial charge in [0.2, 0.25) is 5.91 Å². The summed E-state index contributed by atoms with van der Waals surface area (Å²) in [4.78, 5) is 25.8. The molecule has 5 nitrogen and oxygen atoms in total. The average molecular weight is 385 g/mol.